The molecule has 6 nitrogen and oxygen atoms in total. The first-order valence-corrected chi connectivity index (χ1v) is 7.44. The minimum absolute atomic E-state index is 0.133. The van der Waals surface area contributed by atoms with Gasteiger partial charge in [-0.3, -0.25) is 9.89 Å². The molecule has 0 atom stereocenters. The average Bonchev–Trinajstić information content (AvgIpc) is 3.11. The minimum atomic E-state index is -0.227. The second kappa shape index (κ2) is 5.92. The highest BCUT2D eigenvalue weighted by molar-refractivity contribution is 6.07. The monoisotopic (exact) mass is 315 g/mol. The third kappa shape index (κ3) is 2.61. The summed E-state index contributed by atoms with van der Waals surface area (Å²) in [5, 5.41) is 10.1. The molecule has 0 bridgehead atoms. The van der Waals surface area contributed by atoms with E-state index in [0.29, 0.717) is 22.4 Å². The number of nitrogens with one attached hydrogen (secondary N) is 2. The summed E-state index contributed by atoms with van der Waals surface area (Å²) in [7, 11) is 0. The van der Waals surface area contributed by atoms with Crippen LogP contribution in [0.25, 0.3) is 11.0 Å². The first kappa shape index (κ1) is 14.1. The molecule has 116 valence electrons. The molecule has 2 aromatic carbocycles. The molecule has 0 saturated heterocycles. The van der Waals surface area contributed by atoms with Gasteiger partial charge in [0.25, 0.3) is 0 Å². The van der Waals surface area contributed by atoms with Gasteiger partial charge < -0.3 is 5.32 Å². The molecule has 0 saturated carbocycles. The fourth-order valence-electron chi connectivity index (χ4n) is 2.41. The maximum Gasteiger partial charge on any atom is 0.230 e. The van der Waals surface area contributed by atoms with Crippen LogP contribution in [0.5, 0.6) is 0 Å². The van der Waals surface area contributed by atoms with Crippen molar-refractivity contribution in [3.8, 4) is 0 Å². The predicted octanol–water partition coefficient (Wildman–Crippen LogP) is 3.33. The van der Waals surface area contributed by atoms with Crippen LogP contribution in [-0.4, -0.2) is 25.9 Å². The third-order valence-electron chi connectivity index (χ3n) is 3.58. The number of aromatic nitrogens is 4. The summed E-state index contributed by atoms with van der Waals surface area (Å²) in [6.07, 6.45) is 1.58. The SMILES string of the molecule is O=C(c1ccccc1)c1nc(Nc2ccccc2)c2[nH]ncc2n1. The maximum absolute atomic E-state index is 12.6. The maximum atomic E-state index is 12.6. The molecule has 4 aromatic rings. The largest absolute Gasteiger partial charge is 0.338 e. The first-order chi connectivity index (χ1) is 11.8. The van der Waals surface area contributed by atoms with Gasteiger partial charge in [0, 0.05) is 11.3 Å². The Labute approximate surface area is 137 Å². The van der Waals surface area contributed by atoms with Gasteiger partial charge in [0.1, 0.15) is 11.0 Å². The van der Waals surface area contributed by atoms with Gasteiger partial charge in [-0.1, -0.05) is 48.5 Å². The minimum Gasteiger partial charge on any atom is -0.338 e. The molecular formula is C18H13N5O. The number of nitrogens with zero attached hydrogens (tertiary/aromatic N) is 3. The molecule has 0 unspecified atom stereocenters. The molecule has 2 aromatic heterocycles. The summed E-state index contributed by atoms with van der Waals surface area (Å²) in [5.74, 6) is 0.423. The highest BCUT2D eigenvalue weighted by atomic mass is 16.1. The number of para-hydroxylation sites is 1. The van der Waals surface area contributed by atoms with Crippen molar-refractivity contribution in [3.63, 3.8) is 0 Å². The Morgan fingerprint density at radius 1 is 0.917 bits per heavy atom. The van der Waals surface area contributed by atoms with E-state index >= 15 is 0 Å². The summed E-state index contributed by atoms with van der Waals surface area (Å²) in [4.78, 5) is 21.4. The first-order valence-electron chi connectivity index (χ1n) is 7.44. The molecular weight excluding hydrogens is 302 g/mol. The van der Waals surface area contributed by atoms with Crippen LogP contribution in [0, 0.1) is 0 Å². The second-order valence-corrected chi connectivity index (χ2v) is 5.21. The quantitative estimate of drug-likeness (QED) is 0.564. The van der Waals surface area contributed by atoms with Gasteiger partial charge in [-0.2, -0.15) is 5.10 Å². The van der Waals surface area contributed by atoms with E-state index in [0.717, 1.165) is 5.69 Å². The number of anilines is 2. The molecule has 0 radical (unpaired) electrons. The molecule has 0 aliphatic carbocycles. The van der Waals surface area contributed by atoms with Crippen molar-refractivity contribution >= 4 is 28.3 Å². The lowest BCUT2D eigenvalue weighted by Crippen LogP contribution is -2.09. The van der Waals surface area contributed by atoms with Crippen LogP contribution < -0.4 is 5.32 Å². The van der Waals surface area contributed by atoms with Crippen LogP contribution in [0.3, 0.4) is 0 Å². The van der Waals surface area contributed by atoms with Crippen LogP contribution >= 0.6 is 0 Å². The van der Waals surface area contributed by atoms with Gasteiger partial charge in [-0.15, -0.1) is 0 Å². The van der Waals surface area contributed by atoms with Gasteiger partial charge in [0.2, 0.25) is 11.6 Å². The molecule has 0 amide bonds. The molecule has 0 fully saturated rings. The number of rotatable bonds is 4. The summed E-state index contributed by atoms with van der Waals surface area (Å²) >= 11 is 0. The van der Waals surface area contributed by atoms with E-state index in [1.165, 1.54) is 0 Å². The van der Waals surface area contributed by atoms with Gasteiger partial charge in [0.15, 0.2) is 5.82 Å². The zero-order valence-corrected chi connectivity index (χ0v) is 12.6. The molecule has 0 aliphatic heterocycles. The highest BCUT2D eigenvalue weighted by Gasteiger charge is 2.16. The number of ketones is 1. The Morgan fingerprint density at radius 2 is 1.62 bits per heavy atom. The Hall–Kier alpha value is -3.54. The number of carbonyl (C=O) groups is 1. The Bertz CT molecular complexity index is 996. The Balaban J connectivity index is 1.79. The summed E-state index contributed by atoms with van der Waals surface area (Å²) < 4.78 is 0. The lowest BCUT2D eigenvalue weighted by Gasteiger charge is -2.08. The fraction of sp³-hybridized carbons (Fsp3) is 0. The lowest BCUT2D eigenvalue weighted by molar-refractivity contribution is 0.103. The van der Waals surface area contributed by atoms with E-state index in [4.69, 9.17) is 0 Å². The van der Waals surface area contributed by atoms with Gasteiger partial charge in [-0.25, -0.2) is 9.97 Å². The fourth-order valence-corrected chi connectivity index (χ4v) is 2.41. The van der Waals surface area contributed by atoms with Crippen molar-refractivity contribution in [3.05, 3.63) is 78.2 Å². The number of fused-ring (bicyclic) bond motifs is 1. The standard InChI is InChI=1S/C18H13N5O/c24-16(12-7-3-1-4-8-12)18-21-14-11-19-23-15(14)17(22-18)20-13-9-5-2-6-10-13/h1-11H,(H,19,23)(H,20,21,22). The zero-order valence-electron chi connectivity index (χ0n) is 12.6. The van der Waals surface area contributed by atoms with Crippen molar-refractivity contribution in [1.29, 1.82) is 0 Å². The molecule has 0 spiro atoms. The number of hydrogen-bond donors (Lipinski definition) is 2. The third-order valence-corrected chi connectivity index (χ3v) is 3.58. The van der Waals surface area contributed by atoms with E-state index in [2.05, 4.69) is 25.5 Å². The van der Waals surface area contributed by atoms with Crippen LogP contribution in [0.1, 0.15) is 16.2 Å². The molecule has 24 heavy (non-hydrogen) atoms. The molecule has 4 rings (SSSR count). The summed E-state index contributed by atoms with van der Waals surface area (Å²) in [6, 6.07) is 18.6. The normalized spacial score (nSPS) is 10.7. The summed E-state index contributed by atoms with van der Waals surface area (Å²) in [6.45, 7) is 0. The van der Waals surface area contributed by atoms with Crippen molar-refractivity contribution in [2.24, 2.45) is 0 Å². The number of aromatic amines is 1. The number of hydrogen-bond acceptors (Lipinski definition) is 5. The molecule has 2 N–H and O–H groups in total. The van der Waals surface area contributed by atoms with Crippen LogP contribution in [-0.2, 0) is 0 Å². The van der Waals surface area contributed by atoms with E-state index in [-0.39, 0.29) is 11.6 Å². The van der Waals surface area contributed by atoms with E-state index in [9.17, 15) is 4.79 Å². The topological polar surface area (TPSA) is 83.6 Å². The van der Waals surface area contributed by atoms with Crippen molar-refractivity contribution in [2.75, 3.05) is 5.32 Å². The van der Waals surface area contributed by atoms with E-state index in [1.807, 2.05) is 48.5 Å². The summed E-state index contributed by atoms with van der Waals surface area (Å²) in [5.41, 5.74) is 2.65. The van der Waals surface area contributed by atoms with Gasteiger partial charge in [-0.05, 0) is 12.1 Å². The number of carbonyl (C=O) groups excluding carboxylic acids is 1. The number of H-pyrrole nitrogens is 1. The highest BCUT2D eigenvalue weighted by Crippen LogP contribution is 2.22. The van der Waals surface area contributed by atoms with Crippen molar-refractivity contribution < 1.29 is 4.79 Å². The van der Waals surface area contributed by atoms with Crippen LogP contribution in [0.15, 0.2) is 66.9 Å². The van der Waals surface area contributed by atoms with Gasteiger partial charge in [0.05, 0.1) is 6.20 Å². The van der Waals surface area contributed by atoms with Crippen LogP contribution in [0.4, 0.5) is 11.5 Å². The zero-order chi connectivity index (χ0) is 16.4. The lowest BCUT2D eigenvalue weighted by atomic mass is 10.1. The Morgan fingerprint density at radius 3 is 2.38 bits per heavy atom. The smallest absolute Gasteiger partial charge is 0.230 e. The van der Waals surface area contributed by atoms with Gasteiger partial charge >= 0.3 is 0 Å². The van der Waals surface area contributed by atoms with Crippen molar-refractivity contribution in [2.45, 2.75) is 0 Å². The molecule has 2 heterocycles. The number of benzene rings is 2. The Kier molecular flexibility index (Phi) is 3.47. The average molecular weight is 315 g/mol. The predicted molar refractivity (Wildman–Crippen MR) is 91.3 cm³/mol. The van der Waals surface area contributed by atoms with E-state index in [1.54, 1.807) is 18.3 Å². The molecule has 6 heteroatoms. The van der Waals surface area contributed by atoms with Crippen LogP contribution in [0.2, 0.25) is 0 Å². The van der Waals surface area contributed by atoms with E-state index < -0.39 is 0 Å². The second-order valence-electron chi connectivity index (χ2n) is 5.21. The van der Waals surface area contributed by atoms with Crippen molar-refractivity contribution in [1.82, 2.24) is 20.2 Å². The molecule has 0 aliphatic rings.